The summed E-state index contributed by atoms with van der Waals surface area (Å²) < 4.78 is 6.32. The Morgan fingerprint density at radius 3 is 2.36 bits per heavy atom. The molecule has 1 aromatic rings. The van der Waals surface area contributed by atoms with Crippen LogP contribution in [0.5, 0.6) is 0 Å². The second-order valence-corrected chi connectivity index (χ2v) is 7.96. The molecule has 3 heterocycles. The predicted octanol–water partition coefficient (Wildman–Crippen LogP) is 3.15. The second-order valence-electron chi connectivity index (χ2n) is 7.15. The molecular formula is C16H22BrN3O2. The Morgan fingerprint density at radius 1 is 1.23 bits per heavy atom. The Labute approximate surface area is 139 Å². The first-order valence-electron chi connectivity index (χ1n) is 7.66. The van der Waals surface area contributed by atoms with Gasteiger partial charge in [0, 0.05) is 38.0 Å². The van der Waals surface area contributed by atoms with Crippen LogP contribution < -0.4 is 4.90 Å². The molecule has 0 bridgehead atoms. The number of pyridine rings is 1. The highest BCUT2D eigenvalue weighted by Crippen LogP contribution is 2.34. The Bertz CT molecular complexity index is 542. The lowest BCUT2D eigenvalue weighted by Crippen LogP contribution is -2.37. The summed E-state index contributed by atoms with van der Waals surface area (Å²) in [6.07, 6.45) is 1.72. The summed E-state index contributed by atoms with van der Waals surface area (Å²) in [6, 6.07) is 4.06. The van der Waals surface area contributed by atoms with Gasteiger partial charge in [0.15, 0.2) is 0 Å². The van der Waals surface area contributed by atoms with Crippen molar-refractivity contribution in [1.82, 2.24) is 9.88 Å². The van der Waals surface area contributed by atoms with Crippen molar-refractivity contribution in [2.75, 3.05) is 31.1 Å². The number of nitrogens with zero attached hydrogens (tertiary/aromatic N) is 3. The topological polar surface area (TPSA) is 45.7 Å². The van der Waals surface area contributed by atoms with Crippen LogP contribution in [0.15, 0.2) is 22.9 Å². The first-order chi connectivity index (χ1) is 10.3. The number of rotatable bonds is 1. The molecule has 2 unspecified atom stereocenters. The van der Waals surface area contributed by atoms with Crippen molar-refractivity contribution in [2.45, 2.75) is 26.4 Å². The molecule has 5 nitrogen and oxygen atoms in total. The van der Waals surface area contributed by atoms with Crippen LogP contribution in [0, 0.1) is 11.8 Å². The smallest absolute Gasteiger partial charge is 0.410 e. The molecule has 1 aromatic heterocycles. The highest BCUT2D eigenvalue weighted by atomic mass is 79.9. The van der Waals surface area contributed by atoms with Crippen LogP contribution in [-0.2, 0) is 4.74 Å². The number of carbonyl (C=O) groups is 1. The lowest BCUT2D eigenvalue weighted by Gasteiger charge is -2.26. The zero-order valence-corrected chi connectivity index (χ0v) is 14.8. The number of halogens is 1. The zero-order valence-electron chi connectivity index (χ0n) is 13.3. The second kappa shape index (κ2) is 5.72. The van der Waals surface area contributed by atoms with Gasteiger partial charge in [-0.25, -0.2) is 9.78 Å². The molecule has 1 amide bonds. The van der Waals surface area contributed by atoms with Crippen LogP contribution in [0.4, 0.5) is 10.5 Å². The summed E-state index contributed by atoms with van der Waals surface area (Å²) in [4.78, 5) is 20.7. The van der Waals surface area contributed by atoms with E-state index < -0.39 is 5.60 Å². The van der Waals surface area contributed by atoms with Gasteiger partial charge in [-0.05, 0) is 48.8 Å². The number of amides is 1. The van der Waals surface area contributed by atoms with E-state index in [1.54, 1.807) is 0 Å². The third kappa shape index (κ3) is 3.37. The van der Waals surface area contributed by atoms with E-state index in [9.17, 15) is 4.79 Å². The van der Waals surface area contributed by atoms with Gasteiger partial charge in [0.05, 0.1) is 11.9 Å². The van der Waals surface area contributed by atoms with Crippen molar-refractivity contribution in [2.24, 2.45) is 11.8 Å². The molecule has 0 aliphatic carbocycles. The van der Waals surface area contributed by atoms with E-state index in [2.05, 4.69) is 31.9 Å². The number of likely N-dealkylation sites (tertiary alicyclic amines) is 1. The third-order valence-electron chi connectivity index (χ3n) is 4.21. The normalized spacial score (nSPS) is 24.5. The maximum Gasteiger partial charge on any atom is 0.410 e. The lowest BCUT2D eigenvalue weighted by molar-refractivity contribution is 0.0282. The Kier molecular flexibility index (Phi) is 4.05. The number of ether oxygens (including phenoxy) is 1. The number of carbonyl (C=O) groups excluding carboxylic acids is 1. The van der Waals surface area contributed by atoms with Crippen LogP contribution in [0.3, 0.4) is 0 Å². The first kappa shape index (κ1) is 15.6. The molecule has 2 fully saturated rings. The van der Waals surface area contributed by atoms with Gasteiger partial charge >= 0.3 is 6.09 Å². The third-order valence-corrected chi connectivity index (χ3v) is 4.68. The monoisotopic (exact) mass is 367 g/mol. The molecule has 0 N–H and O–H groups in total. The van der Waals surface area contributed by atoms with Crippen molar-refractivity contribution in [3.63, 3.8) is 0 Å². The highest BCUT2D eigenvalue weighted by Gasteiger charge is 2.42. The Hall–Kier alpha value is -1.30. The molecule has 0 spiro atoms. The SMILES string of the molecule is CC(C)(C)OC(=O)N1CC2CN(c3ccc(Br)nc3)CC2C1. The van der Waals surface area contributed by atoms with Crippen molar-refractivity contribution < 1.29 is 9.53 Å². The summed E-state index contributed by atoms with van der Waals surface area (Å²) in [5.74, 6) is 1.05. The van der Waals surface area contributed by atoms with Crippen molar-refractivity contribution in [1.29, 1.82) is 0 Å². The van der Waals surface area contributed by atoms with Crippen molar-refractivity contribution in [3.05, 3.63) is 22.9 Å². The number of aromatic nitrogens is 1. The minimum atomic E-state index is -0.427. The van der Waals surface area contributed by atoms with Crippen LogP contribution in [0.2, 0.25) is 0 Å². The van der Waals surface area contributed by atoms with E-state index in [0.717, 1.165) is 36.5 Å². The van der Waals surface area contributed by atoms with Crippen LogP contribution in [0.25, 0.3) is 0 Å². The maximum atomic E-state index is 12.2. The molecule has 6 heteroatoms. The summed E-state index contributed by atoms with van der Waals surface area (Å²) in [6.45, 7) is 9.26. The van der Waals surface area contributed by atoms with Gasteiger partial charge < -0.3 is 14.5 Å². The average molecular weight is 368 g/mol. The highest BCUT2D eigenvalue weighted by molar-refractivity contribution is 9.10. The minimum absolute atomic E-state index is 0.182. The zero-order chi connectivity index (χ0) is 15.9. The molecule has 2 aliphatic rings. The molecular weight excluding hydrogens is 346 g/mol. The fourth-order valence-corrected chi connectivity index (χ4v) is 3.47. The molecule has 2 atom stereocenters. The molecule has 0 radical (unpaired) electrons. The summed E-state index contributed by atoms with van der Waals surface area (Å²) >= 11 is 3.36. The van der Waals surface area contributed by atoms with Gasteiger partial charge in [0.25, 0.3) is 0 Å². The van der Waals surface area contributed by atoms with Gasteiger partial charge in [0.2, 0.25) is 0 Å². The molecule has 2 saturated heterocycles. The van der Waals surface area contributed by atoms with Gasteiger partial charge in [-0.1, -0.05) is 0 Å². The Balaban J connectivity index is 1.58. The van der Waals surface area contributed by atoms with Crippen LogP contribution in [0.1, 0.15) is 20.8 Å². The largest absolute Gasteiger partial charge is 0.444 e. The van der Waals surface area contributed by atoms with E-state index in [-0.39, 0.29) is 6.09 Å². The van der Waals surface area contributed by atoms with Gasteiger partial charge in [-0.15, -0.1) is 0 Å². The van der Waals surface area contributed by atoms with E-state index in [4.69, 9.17) is 4.74 Å². The fourth-order valence-electron chi connectivity index (χ4n) is 3.23. The van der Waals surface area contributed by atoms with E-state index in [1.807, 2.05) is 37.9 Å². The van der Waals surface area contributed by atoms with E-state index >= 15 is 0 Å². The van der Waals surface area contributed by atoms with E-state index in [0.29, 0.717) is 11.8 Å². The number of anilines is 1. The molecule has 3 rings (SSSR count). The molecule has 22 heavy (non-hydrogen) atoms. The van der Waals surface area contributed by atoms with E-state index in [1.165, 1.54) is 0 Å². The van der Waals surface area contributed by atoms with Crippen molar-refractivity contribution >= 4 is 27.7 Å². The number of fused-ring (bicyclic) bond motifs is 1. The summed E-state index contributed by atoms with van der Waals surface area (Å²) in [5, 5.41) is 0. The number of hydrogen-bond donors (Lipinski definition) is 0. The van der Waals surface area contributed by atoms with Gasteiger partial charge in [-0.2, -0.15) is 0 Å². The Morgan fingerprint density at radius 2 is 1.86 bits per heavy atom. The van der Waals surface area contributed by atoms with Gasteiger partial charge in [0.1, 0.15) is 10.2 Å². The first-order valence-corrected chi connectivity index (χ1v) is 8.45. The molecule has 0 aromatic carbocycles. The standard InChI is InChI=1S/C16H22BrN3O2/c1-16(2,3)22-15(21)20-9-11-7-19(8-12(11)10-20)13-4-5-14(17)18-6-13/h4-6,11-12H,7-10H2,1-3H3. The maximum absolute atomic E-state index is 12.2. The minimum Gasteiger partial charge on any atom is -0.444 e. The summed E-state index contributed by atoms with van der Waals surface area (Å²) in [7, 11) is 0. The van der Waals surface area contributed by atoms with Crippen molar-refractivity contribution in [3.8, 4) is 0 Å². The van der Waals surface area contributed by atoms with Crippen LogP contribution in [-0.4, -0.2) is 47.8 Å². The molecule has 2 aliphatic heterocycles. The quantitative estimate of drug-likeness (QED) is 0.715. The summed E-state index contributed by atoms with van der Waals surface area (Å²) in [5.41, 5.74) is 0.727. The molecule has 120 valence electrons. The van der Waals surface area contributed by atoms with Crippen LogP contribution >= 0.6 is 15.9 Å². The van der Waals surface area contributed by atoms with Gasteiger partial charge in [-0.3, -0.25) is 0 Å². The fraction of sp³-hybridized carbons (Fsp3) is 0.625. The lowest BCUT2D eigenvalue weighted by atomic mass is 10.0. The molecule has 0 saturated carbocycles. The average Bonchev–Trinajstić information content (AvgIpc) is 2.95. The predicted molar refractivity (Wildman–Crippen MR) is 88.9 cm³/mol. The number of hydrogen-bond acceptors (Lipinski definition) is 4.